The lowest BCUT2D eigenvalue weighted by Crippen LogP contribution is -2.43. The van der Waals surface area contributed by atoms with E-state index in [2.05, 4.69) is 10.3 Å². The molecule has 0 spiro atoms. The Morgan fingerprint density at radius 3 is 2.12 bits per heavy atom. The number of rotatable bonds is 5. The van der Waals surface area contributed by atoms with Gasteiger partial charge in [0, 0.05) is 12.7 Å². The zero-order valence-corrected chi connectivity index (χ0v) is 15.1. The Morgan fingerprint density at radius 1 is 1.00 bits per heavy atom. The van der Waals surface area contributed by atoms with Crippen molar-refractivity contribution in [1.82, 2.24) is 15.6 Å². The second kappa shape index (κ2) is 8.32. The first-order valence-corrected chi connectivity index (χ1v) is 7.72. The molecule has 1 atom stereocenters. The van der Waals surface area contributed by atoms with Crippen LogP contribution in [0.15, 0.2) is 0 Å². The summed E-state index contributed by atoms with van der Waals surface area (Å²) >= 11 is 0. The number of hydrogen-bond acceptors (Lipinski definition) is 6. The lowest BCUT2D eigenvalue weighted by molar-refractivity contribution is -0.127. The van der Waals surface area contributed by atoms with Gasteiger partial charge < -0.3 is 19.8 Å². The van der Waals surface area contributed by atoms with Crippen LogP contribution >= 0.6 is 0 Å². The van der Waals surface area contributed by atoms with E-state index in [0.717, 1.165) is 0 Å². The van der Waals surface area contributed by atoms with Gasteiger partial charge in [0.15, 0.2) is 6.10 Å². The molecule has 3 amide bonds. The minimum Gasteiger partial charge on any atom is -0.459 e. The number of nitrogens with one attached hydrogen (secondary N) is 3. The van der Waals surface area contributed by atoms with Gasteiger partial charge in [0.05, 0.1) is 11.7 Å². The summed E-state index contributed by atoms with van der Waals surface area (Å²) in [5, 5.41) is 4.22. The summed E-state index contributed by atoms with van der Waals surface area (Å²) in [7, 11) is 1.35. The van der Waals surface area contributed by atoms with E-state index in [9.17, 15) is 19.2 Å². The summed E-state index contributed by atoms with van der Waals surface area (Å²) in [5.41, 5.74) is 1.13. The van der Waals surface area contributed by atoms with Crippen LogP contribution in [0.1, 0.15) is 52.9 Å². The van der Waals surface area contributed by atoms with Gasteiger partial charge in [-0.1, -0.05) is 0 Å². The first kappa shape index (κ1) is 20.2. The highest BCUT2D eigenvalue weighted by molar-refractivity contribution is 6.00. The number of ether oxygens (including phenoxy) is 2. The molecule has 1 heterocycles. The Bertz CT molecular complexity index is 692. The topological polar surface area (TPSA) is 127 Å². The van der Waals surface area contributed by atoms with Crippen molar-refractivity contribution < 1.29 is 28.7 Å². The Kier molecular flexibility index (Phi) is 6.72. The molecule has 0 radical (unpaired) electrons. The molecular weight excluding hydrogens is 330 g/mol. The Labute approximate surface area is 145 Å². The van der Waals surface area contributed by atoms with E-state index in [-0.39, 0.29) is 17.4 Å². The molecule has 3 N–H and O–H groups in total. The molecule has 0 saturated heterocycles. The number of urea groups is 1. The molecule has 0 aromatic carbocycles. The minimum atomic E-state index is -1.20. The number of aryl methyl sites for hydroxylation is 1. The first-order chi connectivity index (χ1) is 11.6. The van der Waals surface area contributed by atoms with Gasteiger partial charge in [-0.2, -0.15) is 0 Å². The maximum absolute atomic E-state index is 12.3. The summed E-state index contributed by atoms with van der Waals surface area (Å²) in [6, 6.07) is -0.710. The highest BCUT2D eigenvalue weighted by Gasteiger charge is 2.27. The van der Waals surface area contributed by atoms with Crippen LogP contribution < -0.4 is 10.6 Å². The monoisotopic (exact) mass is 353 g/mol. The van der Waals surface area contributed by atoms with Crippen LogP contribution in [0.4, 0.5) is 4.79 Å². The molecular formula is C16H23N3O6. The van der Waals surface area contributed by atoms with E-state index in [1.807, 2.05) is 5.32 Å². The lowest BCUT2D eigenvalue weighted by Gasteiger charge is -2.12. The van der Waals surface area contributed by atoms with E-state index in [0.29, 0.717) is 11.3 Å². The van der Waals surface area contributed by atoms with Crippen molar-refractivity contribution in [3.63, 3.8) is 0 Å². The predicted molar refractivity (Wildman–Crippen MR) is 88.3 cm³/mol. The van der Waals surface area contributed by atoms with Crippen molar-refractivity contribution in [3.8, 4) is 0 Å². The second-order valence-electron chi connectivity index (χ2n) is 5.69. The minimum absolute atomic E-state index is 0.0489. The second-order valence-corrected chi connectivity index (χ2v) is 5.69. The van der Waals surface area contributed by atoms with Crippen LogP contribution in [0.5, 0.6) is 0 Å². The third-order valence-electron chi connectivity index (χ3n) is 3.31. The van der Waals surface area contributed by atoms with E-state index in [1.165, 1.54) is 14.0 Å². The maximum Gasteiger partial charge on any atom is 0.355 e. The largest absolute Gasteiger partial charge is 0.459 e. The van der Waals surface area contributed by atoms with Crippen molar-refractivity contribution in [2.45, 2.75) is 46.8 Å². The molecule has 0 fully saturated rings. The molecule has 0 saturated carbocycles. The van der Waals surface area contributed by atoms with Crippen LogP contribution in [-0.4, -0.2) is 48.1 Å². The molecule has 0 aliphatic rings. The average Bonchev–Trinajstić information content (AvgIpc) is 2.81. The van der Waals surface area contributed by atoms with Crippen molar-refractivity contribution in [1.29, 1.82) is 0 Å². The summed E-state index contributed by atoms with van der Waals surface area (Å²) in [5.74, 6) is -2.14. The van der Waals surface area contributed by atoms with Gasteiger partial charge in [-0.15, -0.1) is 0 Å². The van der Waals surface area contributed by atoms with Gasteiger partial charge in [-0.25, -0.2) is 14.4 Å². The normalized spacial score (nSPS) is 11.6. The highest BCUT2D eigenvalue weighted by Crippen LogP contribution is 2.20. The van der Waals surface area contributed by atoms with E-state index < -0.39 is 30.0 Å². The molecule has 0 aliphatic carbocycles. The van der Waals surface area contributed by atoms with Crippen LogP contribution in [-0.2, 0) is 14.3 Å². The molecule has 0 bridgehead atoms. The average molecular weight is 353 g/mol. The molecule has 25 heavy (non-hydrogen) atoms. The number of imide groups is 1. The number of esters is 2. The van der Waals surface area contributed by atoms with E-state index in [1.54, 1.807) is 27.7 Å². The molecule has 1 rings (SSSR count). The Balaban J connectivity index is 2.91. The number of carbonyl (C=O) groups excluding carboxylic acids is 4. The lowest BCUT2D eigenvalue weighted by atomic mass is 10.1. The van der Waals surface area contributed by atoms with Gasteiger partial charge in [0.1, 0.15) is 5.69 Å². The maximum atomic E-state index is 12.3. The van der Waals surface area contributed by atoms with Gasteiger partial charge in [-0.05, 0) is 40.2 Å². The SMILES string of the molecule is CNC(=O)NC(=O)[C@H](C)OC(=O)c1[nH]c(C)c(C(=O)OC(C)C)c1C. The number of hydrogen-bond donors (Lipinski definition) is 3. The summed E-state index contributed by atoms with van der Waals surface area (Å²) < 4.78 is 10.2. The van der Waals surface area contributed by atoms with Crippen LogP contribution in [0.2, 0.25) is 0 Å². The third kappa shape index (κ3) is 5.07. The van der Waals surface area contributed by atoms with Crippen molar-refractivity contribution >= 4 is 23.9 Å². The van der Waals surface area contributed by atoms with Crippen LogP contribution in [0.3, 0.4) is 0 Å². The van der Waals surface area contributed by atoms with E-state index >= 15 is 0 Å². The standard InChI is InChI=1S/C16H23N3O6/c1-7(2)24-14(21)11-8(3)12(18-9(11)4)15(22)25-10(5)13(20)19-16(23)17-6/h7,10,18H,1-6H3,(H2,17,19,20,23)/t10-/m0/s1. The number of aromatic nitrogens is 1. The van der Waals surface area contributed by atoms with Crippen molar-refractivity contribution in [2.24, 2.45) is 0 Å². The fourth-order valence-corrected chi connectivity index (χ4v) is 2.08. The fraction of sp³-hybridized carbons (Fsp3) is 0.500. The number of carbonyl (C=O) groups is 4. The van der Waals surface area contributed by atoms with E-state index in [4.69, 9.17) is 9.47 Å². The van der Waals surface area contributed by atoms with Crippen LogP contribution in [0.25, 0.3) is 0 Å². The first-order valence-electron chi connectivity index (χ1n) is 7.72. The van der Waals surface area contributed by atoms with Gasteiger partial charge in [0.25, 0.3) is 5.91 Å². The Morgan fingerprint density at radius 2 is 1.60 bits per heavy atom. The predicted octanol–water partition coefficient (Wildman–Crippen LogP) is 1.20. The molecule has 138 valence electrons. The fourth-order valence-electron chi connectivity index (χ4n) is 2.08. The molecule has 1 aromatic heterocycles. The van der Waals surface area contributed by atoms with Gasteiger partial charge in [0.2, 0.25) is 0 Å². The van der Waals surface area contributed by atoms with Crippen LogP contribution in [0, 0.1) is 13.8 Å². The summed E-state index contributed by atoms with van der Waals surface area (Å²) in [6.07, 6.45) is -1.50. The summed E-state index contributed by atoms with van der Waals surface area (Å²) in [6.45, 7) is 7.97. The molecule has 0 aliphatic heterocycles. The quantitative estimate of drug-likeness (QED) is 0.683. The van der Waals surface area contributed by atoms with Gasteiger partial charge in [-0.3, -0.25) is 10.1 Å². The third-order valence-corrected chi connectivity index (χ3v) is 3.31. The molecule has 9 nitrogen and oxygen atoms in total. The number of aromatic amines is 1. The molecule has 1 aromatic rings. The smallest absolute Gasteiger partial charge is 0.355 e. The summed E-state index contributed by atoms with van der Waals surface area (Å²) in [4.78, 5) is 50.0. The van der Waals surface area contributed by atoms with Crippen molar-refractivity contribution in [2.75, 3.05) is 7.05 Å². The molecule has 0 unspecified atom stereocenters. The number of H-pyrrole nitrogens is 1. The Hall–Kier alpha value is -2.84. The van der Waals surface area contributed by atoms with Crippen molar-refractivity contribution in [3.05, 3.63) is 22.5 Å². The number of amides is 3. The highest BCUT2D eigenvalue weighted by atomic mass is 16.6. The zero-order chi connectivity index (χ0) is 19.3. The zero-order valence-electron chi connectivity index (χ0n) is 15.1. The molecule has 9 heteroatoms. The van der Waals surface area contributed by atoms with Gasteiger partial charge >= 0.3 is 18.0 Å².